The summed E-state index contributed by atoms with van der Waals surface area (Å²) in [4.78, 5) is 0. The van der Waals surface area contributed by atoms with E-state index in [1.807, 2.05) is 36.4 Å². The van der Waals surface area contributed by atoms with Gasteiger partial charge in [-0.1, -0.05) is 39.0 Å². The van der Waals surface area contributed by atoms with Crippen LogP contribution in [0.5, 0.6) is 5.75 Å². The van der Waals surface area contributed by atoms with Gasteiger partial charge in [-0.15, -0.1) is 0 Å². The minimum atomic E-state index is 0.783. The van der Waals surface area contributed by atoms with Gasteiger partial charge in [0.05, 0.1) is 39.1 Å². The number of nitrogens with zero attached hydrogens (tertiary/aromatic N) is 3. The Kier molecular flexibility index (Phi) is 8.46. The molecule has 0 aliphatic carbocycles. The molecule has 0 aliphatic rings. The van der Waals surface area contributed by atoms with Crippen molar-refractivity contribution in [3.8, 4) is 5.75 Å². The van der Waals surface area contributed by atoms with Crippen molar-refractivity contribution in [3.63, 3.8) is 0 Å². The first kappa shape index (κ1) is 21.1. The zero-order chi connectivity index (χ0) is 19.5. The standard InChI is InChI=1S/C23H34N3O/c1-5-6-7-8-9-10-19-27-23-17-13-21(14-18-23)25-24-20-11-15-22(16-12-20)26(2,3)4/h11-18H,5-10,19H2,1-4H3/q+1. The van der Waals surface area contributed by atoms with Crippen LogP contribution in [0.4, 0.5) is 17.1 Å². The van der Waals surface area contributed by atoms with Crippen molar-refractivity contribution >= 4 is 17.1 Å². The Hall–Kier alpha value is -2.20. The molecule has 27 heavy (non-hydrogen) atoms. The Morgan fingerprint density at radius 1 is 0.704 bits per heavy atom. The Balaban J connectivity index is 1.77. The van der Waals surface area contributed by atoms with Gasteiger partial charge < -0.3 is 4.74 Å². The first-order valence-electron chi connectivity index (χ1n) is 10.1. The lowest BCUT2D eigenvalue weighted by Gasteiger charge is -2.23. The van der Waals surface area contributed by atoms with E-state index in [9.17, 15) is 0 Å². The second-order valence-electron chi connectivity index (χ2n) is 7.84. The van der Waals surface area contributed by atoms with Gasteiger partial charge in [0.15, 0.2) is 0 Å². The largest absolute Gasteiger partial charge is 0.494 e. The van der Waals surface area contributed by atoms with Gasteiger partial charge in [-0.05, 0) is 42.8 Å². The molecule has 0 bridgehead atoms. The van der Waals surface area contributed by atoms with Crippen LogP contribution >= 0.6 is 0 Å². The zero-order valence-corrected chi connectivity index (χ0v) is 17.3. The molecule has 0 heterocycles. The SMILES string of the molecule is CCCCCCCCOc1ccc(N=Nc2ccc([N+](C)(C)C)cc2)cc1. The van der Waals surface area contributed by atoms with Crippen LogP contribution in [-0.4, -0.2) is 27.7 Å². The molecule has 0 saturated carbocycles. The molecule has 146 valence electrons. The molecular formula is C23H34N3O+. The summed E-state index contributed by atoms with van der Waals surface area (Å²) in [5.41, 5.74) is 2.93. The molecule has 0 N–H and O–H groups in total. The number of ether oxygens (including phenoxy) is 1. The highest BCUT2D eigenvalue weighted by molar-refractivity contribution is 5.50. The molecule has 0 aromatic heterocycles. The smallest absolute Gasteiger partial charge is 0.132 e. The van der Waals surface area contributed by atoms with Crippen LogP contribution in [-0.2, 0) is 0 Å². The average Bonchev–Trinajstić information content (AvgIpc) is 2.66. The highest BCUT2D eigenvalue weighted by atomic mass is 16.5. The molecule has 4 heteroatoms. The van der Waals surface area contributed by atoms with Crippen molar-refractivity contribution < 1.29 is 4.74 Å². The highest BCUT2D eigenvalue weighted by Crippen LogP contribution is 2.24. The summed E-state index contributed by atoms with van der Waals surface area (Å²) in [6, 6.07) is 16.0. The normalized spacial score (nSPS) is 11.9. The van der Waals surface area contributed by atoms with Gasteiger partial charge in [0.1, 0.15) is 11.4 Å². The Bertz CT molecular complexity index is 685. The lowest BCUT2D eigenvalue weighted by atomic mass is 10.1. The third-order valence-electron chi connectivity index (χ3n) is 4.51. The molecule has 0 fully saturated rings. The number of azo groups is 1. The maximum Gasteiger partial charge on any atom is 0.132 e. The van der Waals surface area contributed by atoms with Crippen molar-refractivity contribution in [1.29, 1.82) is 0 Å². The van der Waals surface area contributed by atoms with E-state index in [1.54, 1.807) is 0 Å². The molecule has 0 saturated heterocycles. The van der Waals surface area contributed by atoms with Crippen LogP contribution < -0.4 is 9.22 Å². The van der Waals surface area contributed by atoms with E-state index in [0.29, 0.717) is 0 Å². The highest BCUT2D eigenvalue weighted by Gasteiger charge is 2.10. The predicted molar refractivity (Wildman–Crippen MR) is 115 cm³/mol. The van der Waals surface area contributed by atoms with Gasteiger partial charge in [-0.25, -0.2) is 0 Å². The van der Waals surface area contributed by atoms with Gasteiger partial charge >= 0.3 is 0 Å². The van der Waals surface area contributed by atoms with Gasteiger partial charge in [0.2, 0.25) is 0 Å². The summed E-state index contributed by atoms with van der Waals surface area (Å²) in [5.74, 6) is 0.898. The molecule has 2 rings (SSSR count). The summed E-state index contributed by atoms with van der Waals surface area (Å²) in [6.07, 6.45) is 7.66. The van der Waals surface area contributed by atoms with Gasteiger partial charge in [-0.2, -0.15) is 10.2 Å². The fourth-order valence-corrected chi connectivity index (χ4v) is 2.76. The number of quaternary nitrogens is 1. The fourth-order valence-electron chi connectivity index (χ4n) is 2.76. The van der Waals surface area contributed by atoms with Crippen LogP contribution in [0.1, 0.15) is 45.4 Å². The van der Waals surface area contributed by atoms with Crippen LogP contribution in [0.15, 0.2) is 58.8 Å². The Morgan fingerprint density at radius 2 is 1.22 bits per heavy atom. The van der Waals surface area contributed by atoms with Crippen molar-refractivity contribution in [2.75, 3.05) is 27.7 Å². The third-order valence-corrected chi connectivity index (χ3v) is 4.51. The minimum Gasteiger partial charge on any atom is -0.494 e. The molecule has 2 aromatic rings. The van der Waals surface area contributed by atoms with Crippen molar-refractivity contribution in [2.45, 2.75) is 45.4 Å². The number of unbranched alkanes of at least 4 members (excludes halogenated alkanes) is 5. The van der Waals surface area contributed by atoms with E-state index in [1.165, 1.54) is 37.8 Å². The van der Waals surface area contributed by atoms with Crippen LogP contribution in [0.3, 0.4) is 0 Å². The lowest BCUT2D eigenvalue weighted by Crippen LogP contribution is -2.34. The molecule has 0 amide bonds. The topological polar surface area (TPSA) is 34.0 Å². The molecular weight excluding hydrogens is 334 g/mol. The number of hydrogen-bond donors (Lipinski definition) is 0. The predicted octanol–water partition coefficient (Wildman–Crippen LogP) is 7.04. The van der Waals surface area contributed by atoms with Gasteiger partial charge in [-0.3, -0.25) is 4.48 Å². The molecule has 2 aromatic carbocycles. The monoisotopic (exact) mass is 368 g/mol. The Labute approximate surface area is 164 Å². The second kappa shape index (κ2) is 10.8. The summed E-state index contributed by atoms with van der Waals surface area (Å²) in [6.45, 7) is 3.03. The Morgan fingerprint density at radius 3 is 1.78 bits per heavy atom. The van der Waals surface area contributed by atoms with Crippen molar-refractivity contribution in [2.24, 2.45) is 10.2 Å². The summed E-state index contributed by atoms with van der Waals surface area (Å²) in [7, 11) is 6.44. The van der Waals surface area contributed by atoms with Crippen molar-refractivity contribution in [3.05, 3.63) is 48.5 Å². The number of hydrogen-bond acceptors (Lipinski definition) is 3. The van der Waals surface area contributed by atoms with E-state index in [4.69, 9.17) is 4.74 Å². The van der Waals surface area contributed by atoms with Crippen LogP contribution in [0.2, 0.25) is 0 Å². The van der Waals surface area contributed by atoms with Crippen molar-refractivity contribution in [1.82, 2.24) is 4.48 Å². The van der Waals surface area contributed by atoms with Crippen LogP contribution in [0, 0.1) is 0 Å². The number of benzene rings is 2. The summed E-state index contributed by atoms with van der Waals surface area (Å²) >= 11 is 0. The summed E-state index contributed by atoms with van der Waals surface area (Å²) < 4.78 is 6.59. The number of rotatable bonds is 11. The van der Waals surface area contributed by atoms with E-state index in [0.717, 1.165) is 34.6 Å². The van der Waals surface area contributed by atoms with Crippen LogP contribution in [0.25, 0.3) is 0 Å². The maximum absolute atomic E-state index is 5.80. The van der Waals surface area contributed by atoms with Gasteiger partial charge in [0, 0.05) is 12.1 Å². The molecule has 0 radical (unpaired) electrons. The van der Waals surface area contributed by atoms with E-state index in [-0.39, 0.29) is 0 Å². The molecule has 0 unspecified atom stereocenters. The first-order chi connectivity index (χ1) is 13.0. The molecule has 0 spiro atoms. The molecule has 4 nitrogen and oxygen atoms in total. The first-order valence-corrected chi connectivity index (χ1v) is 10.1. The lowest BCUT2D eigenvalue weighted by molar-refractivity contribution is 0.304. The molecule has 0 aliphatic heterocycles. The zero-order valence-electron chi connectivity index (χ0n) is 17.3. The van der Waals surface area contributed by atoms with E-state index < -0.39 is 0 Å². The second-order valence-corrected chi connectivity index (χ2v) is 7.84. The van der Waals surface area contributed by atoms with Gasteiger partial charge in [0.25, 0.3) is 0 Å². The fraction of sp³-hybridized carbons (Fsp3) is 0.478. The minimum absolute atomic E-state index is 0.783. The molecule has 0 atom stereocenters. The average molecular weight is 369 g/mol. The maximum atomic E-state index is 5.80. The third kappa shape index (κ3) is 7.92. The summed E-state index contributed by atoms with van der Waals surface area (Å²) in [5, 5.41) is 8.63. The quantitative estimate of drug-likeness (QED) is 0.238. The van der Waals surface area contributed by atoms with E-state index >= 15 is 0 Å². The van der Waals surface area contributed by atoms with E-state index in [2.05, 4.69) is 50.4 Å².